The number of piperazine rings is 1. The Bertz CT molecular complexity index is 1260. The van der Waals surface area contributed by atoms with Crippen molar-refractivity contribution in [3.8, 4) is 28.5 Å². The van der Waals surface area contributed by atoms with Gasteiger partial charge in [0.2, 0.25) is 10.0 Å². The van der Waals surface area contributed by atoms with Gasteiger partial charge in [0.1, 0.15) is 11.5 Å². The highest BCUT2D eigenvalue weighted by Gasteiger charge is 2.29. The van der Waals surface area contributed by atoms with E-state index in [0.717, 1.165) is 11.6 Å². The molecule has 34 heavy (non-hydrogen) atoms. The molecule has 0 aliphatic carbocycles. The van der Waals surface area contributed by atoms with E-state index in [1.807, 2.05) is 23.1 Å². The molecule has 11 heteroatoms. The van der Waals surface area contributed by atoms with Crippen LogP contribution in [-0.2, 0) is 10.0 Å². The van der Waals surface area contributed by atoms with Crippen molar-refractivity contribution < 1.29 is 27.0 Å². The molecule has 2 heterocycles. The van der Waals surface area contributed by atoms with E-state index in [1.165, 1.54) is 23.5 Å². The third-order valence-corrected chi connectivity index (χ3v) is 7.55. The molecule has 0 radical (unpaired) electrons. The van der Waals surface area contributed by atoms with Crippen LogP contribution >= 0.6 is 0 Å². The van der Waals surface area contributed by atoms with Gasteiger partial charge in [0.25, 0.3) is 0 Å². The number of rotatable bonds is 7. The molecule has 0 spiro atoms. The van der Waals surface area contributed by atoms with Crippen molar-refractivity contribution in [1.29, 1.82) is 0 Å². The zero-order chi connectivity index (χ0) is 24.3. The average Bonchev–Trinajstić information content (AvgIpc) is 2.88. The van der Waals surface area contributed by atoms with Crippen molar-refractivity contribution in [2.75, 3.05) is 52.4 Å². The molecule has 0 saturated carbocycles. The predicted octanol–water partition coefficient (Wildman–Crippen LogP) is 2.82. The Balaban J connectivity index is 1.46. The maximum absolute atomic E-state index is 14.0. The van der Waals surface area contributed by atoms with Gasteiger partial charge in [-0.15, -0.1) is 10.2 Å². The number of sulfonamides is 1. The summed E-state index contributed by atoms with van der Waals surface area (Å²) in [4.78, 5) is 1.86. The molecule has 1 aliphatic heterocycles. The first-order chi connectivity index (χ1) is 16.4. The molecule has 0 bridgehead atoms. The number of ether oxygens (including phenoxy) is 3. The third kappa shape index (κ3) is 4.62. The predicted molar refractivity (Wildman–Crippen MR) is 124 cm³/mol. The fraction of sp³-hybridized carbons (Fsp3) is 0.304. The van der Waals surface area contributed by atoms with E-state index in [1.54, 1.807) is 26.4 Å². The first kappa shape index (κ1) is 23.7. The van der Waals surface area contributed by atoms with Crippen LogP contribution in [0.4, 0.5) is 10.2 Å². The number of hydrogen-bond donors (Lipinski definition) is 0. The monoisotopic (exact) mass is 488 g/mol. The molecular weight excluding hydrogens is 463 g/mol. The minimum atomic E-state index is -3.82. The second-order valence-corrected chi connectivity index (χ2v) is 9.47. The Morgan fingerprint density at radius 1 is 0.824 bits per heavy atom. The summed E-state index contributed by atoms with van der Waals surface area (Å²) in [6.45, 7) is 1.33. The van der Waals surface area contributed by atoms with E-state index in [4.69, 9.17) is 14.2 Å². The number of aromatic nitrogens is 2. The van der Waals surface area contributed by atoms with Gasteiger partial charge in [-0.25, -0.2) is 12.8 Å². The molecule has 1 aliphatic rings. The largest absolute Gasteiger partial charge is 0.497 e. The second kappa shape index (κ2) is 9.82. The number of halogens is 1. The lowest BCUT2D eigenvalue weighted by atomic mass is 10.1. The molecule has 0 N–H and O–H groups in total. The summed E-state index contributed by atoms with van der Waals surface area (Å²) in [7, 11) is 0.678. The van der Waals surface area contributed by atoms with Gasteiger partial charge in [-0.1, -0.05) is 0 Å². The highest BCUT2D eigenvalue weighted by Crippen LogP contribution is 2.32. The van der Waals surface area contributed by atoms with E-state index in [2.05, 4.69) is 10.2 Å². The van der Waals surface area contributed by atoms with Crippen LogP contribution < -0.4 is 19.1 Å². The fourth-order valence-corrected chi connectivity index (χ4v) is 5.20. The fourth-order valence-electron chi connectivity index (χ4n) is 3.77. The van der Waals surface area contributed by atoms with Crippen molar-refractivity contribution in [2.45, 2.75) is 4.90 Å². The smallest absolute Gasteiger partial charge is 0.243 e. The quantitative estimate of drug-likeness (QED) is 0.501. The Kier molecular flexibility index (Phi) is 6.85. The minimum Gasteiger partial charge on any atom is -0.497 e. The van der Waals surface area contributed by atoms with Crippen LogP contribution in [0.2, 0.25) is 0 Å². The zero-order valence-electron chi connectivity index (χ0n) is 19.1. The molecule has 180 valence electrons. The molecule has 2 aromatic carbocycles. The van der Waals surface area contributed by atoms with Gasteiger partial charge in [0.05, 0.1) is 31.9 Å². The summed E-state index contributed by atoms with van der Waals surface area (Å²) in [5.74, 6) is 1.24. The molecule has 9 nitrogen and oxygen atoms in total. The summed E-state index contributed by atoms with van der Waals surface area (Å²) >= 11 is 0. The van der Waals surface area contributed by atoms with Gasteiger partial charge in [-0.2, -0.15) is 4.31 Å². The number of benzene rings is 2. The summed E-state index contributed by atoms with van der Waals surface area (Å²) < 4.78 is 56.8. The normalized spacial score (nSPS) is 14.6. The Hall–Kier alpha value is -3.44. The van der Waals surface area contributed by atoms with Crippen LogP contribution in [0.25, 0.3) is 11.3 Å². The summed E-state index contributed by atoms with van der Waals surface area (Å²) in [5.41, 5.74) is 1.38. The van der Waals surface area contributed by atoms with E-state index in [-0.39, 0.29) is 23.7 Å². The molecule has 0 atom stereocenters. The van der Waals surface area contributed by atoms with Gasteiger partial charge in [0.15, 0.2) is 17.4 Å². The van der Waals surface area contributed by atoms with Crippen LogP contribution in [-0.4, -0.2) is 70.4 Å². The second-order valence-electron chi connectivity index (χ2n) is 7.53. The van der Waals surface area contributed by atoms with Crippen LogP contribution in [0.5, 0.6) is 17.2 Å². The highest BCUT2D eigenvalue weighted by atomic mass is 32.2. The number of nitrogens with zero attached hydrogens (tertiary/aromatic N) is 4. The van der Waals surface area contributed by atoms with E-state index < -0.39 is 15.8 Å². The van der Waals surface area contributed by atoms with Crippen LogP contribution in [0.1, 0.15) is 0 Å². The van der Waals surface area contributed by atoms with E-state index in [9.17, 15) is 12.8 Å². The lowest BCUT2D eigenvalue weighted by Crippen LogP contribution is -2.49. The van der Waals surface area contributed by atoms with Gasteiger partial charge >= 0.3 is 0 Å². The Morgan fingerprint density at radius 2 is 1.53 bits per heavy atom. The third-order valence-electron chi connectivity index (χ3n) is 5.66. The van der Waals surface area contributed by atoms with Crippen LogP contribution in [0, 0.1) is 5.82 Å². The summed E-state index contributed by atoms with van der Waals surface area (Å²) in [6.07, 6.45) is 0. The van der Waals surface area contributed by atoms with Crippen LogP contribution in [0.15, 0.2) is 53.4 Å². The molecule has 0 amide bonds. The maximum Gasteiger partial charge on any atom is 0.243 e. The van der Waals surface area contributed by atoms with Gasteiger partial charge in [-0.3, -0.25) is 0 Å². The topological polar surface area (TPSA) is 94.1 Å². The lowest BCUT2D eigenvalue weighted by molar-refractivity contribution is 0.379. The number of hydrogen-bond acceptors (Lipinski definition) is 8. The Morgan fingerprint density at radius 3 is 2.12 bits per heavy atom. The Labute approximate surface area is 197 Å². The SMILES string of the molecule is COc1ccc(OC)c(-c2ccc(N3CCN(S(=O)(=O)c4ccc(OC)c(F)c4)CC3)nn2)c1. The molecule has 0 unspecified atom stereocenters. The van der Waals surface area contributed by atoms with Crippen molar-refractivity contribution in [2.24, 2.45) is 0 Å². The molecule has 3 aromatic rings. The van der Waals surface area contributed by atoms with Gasteiger partial charge < -0.3 is 19.1 Å². The first-order valence-electron chi connectivity index (χ1n) is 10.5. The zero-order valence-corrected chi connectivity index (χ0v) is 19.9. The highest BCUT2D eigenvalue weighted by molar-refractivity contribution is 7.89. The van der Waals surface area contributed by atoms with E-state index >= 15 is 0 Å². The molecule has 1 aromatic heterocycles. The number of anilines is 1. The maximum atomic E-state index is 14.0. The van der Waals surface area contributed by atoms with E-state index in [0.29, 0.717) is 36.1 Å². The molecule has 1 fully saturated rings. The lowest BCUT2D eigenvalue weighted by Gasteiger charge is -2.34. The van der Waals surface area contributed by atoms with Crippen molar-refractivity contribution in [1.82, 2.24) is 14.5 Å². The van der Waals surface area contributed by atoms with Crippen LogP contribution in [0.3, 0.4) is 0 Å². The average molecular weight is 489 g/mol. The minimum absolute atomic E-state index is 0.00245. The summed E-state index contributed by atoms with van der Waals surface area (Å²) in [6, 6.07) is 12.8. The first-order valence-corrected chi connectivity index (χ1v) is 12.0. The van der Waals surface area contributed by atoms with Crippen molar-refractivity contribution >= 4 is 15.8 Å². The number of methoxy groups -OCH3 is 3. The standard InChI is InChI=1S/C23H25FN4O5S/c1-31-16-4-7-21(32-2)18(14-16)20-6-9-23(26-25-20)27-10-12-28(13-11-27)34(29,30)17-5-8-22(33-3)19(24)15-17/h4-9,14-15H,10-13H2,1-3H3. The molecule has 1 saturated heterocycles. The van der Waals surface area contributed by atoms with Gasteiger partial charge in [0, 0.05) is 31.7 Å². The summed E-state index contributed by atoms with van der Waals surface area (Å²) in [5, 5.41) is 8.67. The van der Waals surface area contributed by atoms with Crippen molar-refractivity contribution in [3.63, 3.8) is 0 Å². The van der Waals surface area contributed by atoms with Crippen molar-refractivity contribution in [3.05, 3.63) is 54.3 Å². The molecular formula is C23H25FN4O5S. The molecule has 4 rings (SSSR count). The van der Waals surface area contributed by atoms with Gasteiger partial charge in [-0.05, 0) is 48.5 Å².